The SMILES string of the molecule is CCOc1cc(C#N)c(NC(=O)COc2cc(C)c(Cl)c(C)c2)cc1OCC. The first-order valence-corrected chi connectivity index (χ1v) is 9.30. The predicted octanol–water partition coefficient (Wildman–Crippen LogP) is 4.64. The van der Waals surface area contributed by atoms with Gasteiger partial charge in [-0.05, 0) is 51.0 Å². The molecule has 0 bridgehead atoms. The third-order valence-electron chi connectivity index (χ3n) is 3.86. The Labute approximate surface area is 170 Å². The summed E-state index contributed by atoms with van der Waals surface area (Å²) in [6.45, 7) is 8.09. The summed E-state index contributed by atoms with van der Waals surface area (Å²) in [6.07, 6.45) is 0. The average molecular weight is 403 g/mol. The Morgan fingerprint density at radius 1 is 1.04 bits per heavy atom. The number of ether oxygens (including phenoxy) is 3. The number of carbonyl (C=O) groups excluding carboxylic acids is 1. The lowest BCUT2D eigenvalue weighted by atomic mass is 10.1. The Morgan fingerprint density at radius 3 is 2.14 bits per heavy atom. The van der Waals surface area contributed by atoms with Gasteiger partial charge in [0.15, 0.2) is 18.1 Å². The van der Waals surface area contributed by atoms with Gasteiger partial charge >= 0.3 is 0 Å². The van der Waals surface area contributed by atoms with Crippen LogP contribution in [0.3, 0.4) is 0 Å². The summed E-state index contributed by atoms with van der Waals surface area (Å²) in [4.78, 5) is 12.3. The van der Waals surface area contributed by atoms with Crippen molar-refractivity contribution in [3.63, 3.8) is 0 Å². The normalized spacial score (nSPS) is 10.1. The second-order valence-corrected chi connectivity index (χ2v) is 6.41. The molecule has 2 aromatic carbocycles. The van der Waals surface area contributed by atoms with E-state index in [9.17, 15) is 10.1 Å². The predicted molar refractivity (Wildman–Crippen MR) is 109 cm³/mol. The minimum atomic E-state index is -0.395. The summed E-state index contributed by atoms with van der Waals surface area (Å²) in [5.41, 5.74) is 2.36. The lowest BCUT2D eigenvalue weighted by Gasteiger charge is -2.15. The number of benzene rings is 2. The summed E-state index contributed by atoms with van der Waals surface area (Å²) in [5.74, 6) is 1.08. The first-order chi connectivity index (χ1) is 13.4. The van der Waals surface area contributed by atoms with Crippen molar-refractivity contribution in [1.29, 1.82) is 5.26 Å². The maximum Gasteiger partial charge on any atom is 0.262 e. The minimum absolute atomic E-state index is 0.206. The van der Waals surface area contributed by atoms with Crippen LogP contribution in [-0.2, 0) is 4.79 Å². The van der Waals surface area contributed by atoms with E-state index in [4.69, 9.17) is 25.8 Å². The van der Waals surface area contributed by atoms with Crippen molar-refractivity contribution in [3.8, 4) is 23.3 Å². The van der Waals surface area contributed by atoms with E-state index in [1.54, 1.807) is 24.3 Å². The van der Waals surface area contributed by atoms with E-state index in [1.807, 2.05) is 27.7 Å². The van der Waals surface area contributed by atoms with E-state index in [0.717, 1.165) is 11.1 Å². The van der Waals surface area contributed by atoms with Crippen LogP contribution in [0.15, 0.2) is 24.3 Å². The van der Waals surface area contributed by atoms with Crippen LogP contribution in [0.2, 0.25) is 5.02 Å². The number of nitriles is 1. The number of amides is 1. The maximum absolute atomic E-state index is 12.3. The molecule has 0 saturated heterocycles. The Bertz CT molecular complexity index is 883. The molecule has 0 heterocycles. The molecule has 0 aliphatic rings. The molecule has 0 atom stereocenters. The van der Waals surface area contributed by atoms with Crippen LogP contribution < -0.4 is 19.5 Å². The topological polar surface area (TPSA) is 80.6 Å². The van der Waals surface area contributed by atoms with E-state index in [1.165, 1.54) is 0 Å². The molecule has 0 aromatic heterocycles. The van der Waals surface area contributed by atoms with Crippen molar-refractivity contribution < 1.29 is 19.0 Å². The second-order valence-electron chi connectivity index (χ2n) is 6.03. The molecule has 2 rings (SSSR count). The van der Waals surface area contributed by atoms with Gasteiger partial charge in [0.1, 0.15) is 11.8 Å². The Hall–Kier alpha value is -2.91. The molecule has 1 amide bonds. The fourth-order valence-corrected chi connectivity index (χ4v) is 2.73. The molecule has 1 N–H and O–H groups in total. The van der Waals surface area contributed by atoms with Crippen molar-refractivity contribution in [1.82, 2.24) is 0 Å². The molecule has 0 saturated carbocycles. The van der Waals surface area contributed by atoms with Crippen LogP contribution in [0.5, 0.6) is 17.2 Å². The maximum atomic E-state index is 12.3. The van der Waals surface area contributed by atoms with Gasteiger partial charge in [-0.3, -0.25) is 4.79 Å². The molecular formula is C21H23ClN2O4. The highest BCUT2D eigenvalue weighted by Gasteiger charge is 2.15. The van der Waals surface area contributed by atoms with Crippen molar-refractivity contribution in [2.75, 3.05) is 25.1 Å². The Morgan fingerprint density at radius 2 is 1.61 bits per heavy atom. The van der Waals surface area contributed by atoms with E-state index in [2.05, 4.69) is 11.4 Å². The zero-order valence-corrected chi connectivity index (χ0v) is 17.1. The number of nitrogens with one attached hydrogen (secondary N) is 1. The molecule has 0 fully saturated rings. The molecular weight excluding hydrogens is 380 g/mol. The van der Waals surface area contributed by atoms with Crippen LogP contribution in [-0.4, -0.2) is 25.7 Å². The van der Waals surface area contributed by atoms with Crippen LogP contribution in [0.1, 0.15) is 30.5 Å². The molecule has 6 nitrogen and oxygen atoms in total. The number of halogens is 1. The number of hydrogen-bond donors (Lipinski definition) is 1. The highest BCUT2D eigenvalue weighted by Crippen LogP contribution is 2.33. The first kappa shape index (κ1) is 21.4. The van der Waals surface area contributed by atoms with Gasteiger partial charge in [-0.25, -0.2) is 0 Å². The number of hydrogen-bond acceptors (Lipinski definition) is 5. The van der Waals surface area contributed by atoms with Crippen LogP contribution in [0.25, 0.3) is 0 Å². The molecule has 7 heteroatoms. The van der Waals surface area contributed by atoms with Gasteiger partial charge in [-0.15, -0.1) is 0 Å². The van der Waals surface area contributed by atoms with E-state index >= 15 is 0 Å². The zero-order valence-electron chi connectivity index (χ0n) is 16.4. The lowest BCUT2D eigenvalue weighted by Crippen LogP contribution is -2.21. The van der Waals surface area contributed by atoms with Gasteiger partial charge in [-0.1, -0.05) is 11.6 Å². The minimum Gasteiger partial charge on any atom is -0.490 e. The number of carbonyl (C=O) groups is 1. The van der Waals surface area contributed by atoms with Gasteiger partial charge in [0.25, 0.3) is 5.91 Å². The molecule has 0 spiro atoms. The summed E-state index contributed by atoms with van der Waals surface area (Å²) < 4.78 is 16.6. The summed E-state index contributed by atoms with van der Waals surface area (Å²) >= 11 is 6.14. The fraction of sp³-hybridized carbons (Fsp3) is 0.333. The Kier molecular flexibility index (Phi) is 7.53. The standard InChI is InChI=1S/C21H23ClN2O4/c1-5-26-18-9-15(11-23)17(10-19(18)27-6-2)24-20(25)12-28-16-7-13(3)21(22)14(4)8-16/h7-10H,5-6,12H2,1-4H3,(H,24,25). The molecule has 2 aromatic rings. The van der Waals surface area contributed by atoms with Gasteiger partial charge in [-0.2, -0.15) is 5.26 Å². The van der Waals surface area contributed by atoms with Crippen molar-refractivity contribution >= 4 is 23.2 Å². The average Bonchev–Trinajstić information content (AvgIpc) is 2.66. The highest BCUT2D eigenvalue weighted by molar-refractivity contribution is 6.32. The highest BCUT2D eigenvalue weighted by atomic mass is 35.5. The molecule has 28 heavy (non-hydrogen) atoms. The number of aryl methyl sites for hydroxylation is 2. The van der Waals surface area contributed by atoms with Gasteiger partial charge in [0.2, 0.25) is 0 Å². The molecule has 0 aliphatic heterocycles. The van der Waals surface area contributed by atoms with Crippen LogP contribution >= 0.6 is 11.6 Å². The largest absolute Gasteiger partial charge is 0.490 e. The first-order valence-electron chi connectivity index (χ1n) is 8.92. The zero-order chi connectivity index (χ0) is 20.7. The number of nitrogens with zero attached hydrogens (tertiary/aromatic N) is 1. The Balaban J connectivity index is 2.14. The van der Waals surface area contributed by atoms with E-state index in [-0.39, 0.29) is 12.2 Å². The van der Waals surface area contributed by atoms with Gasteiger partial charge < -0.3 is 19.5 Å². The fourth-order valence-electron chi connectivity index (χ4n) is 2.62. The number of anilines is 1. The van der Waals surface area contributed by atoms with Crippen molar-refractivity contribution in [3.05, 3.63) is 46.0 Å². The summed E-state index contributed by atoms with van der Waals surface area (Å²) in [7, 11) is 0. The molecule has 0 aliphatic carbocycles. The van der Waals surface area contributed by atoms with Crippen molar-refractivity contribution in [2.24, 2.45) is 0 Å². The van der Waals surface area contributed by atoms with Gasteiger partial charge in [0, 0.05) is 17.2 Å². The number of rotatable bonds is 8. The summed E-state index contributed by atoms with van der Waals surface area (Å²) in [6, 6.07) is 8.74. The second kappa shape index (κ2) is 9.86. The molecule has 148 valence electrons. The van der Waals surface area contributed by atoms with Gasteiger partial charge in [0.05, 0.1) is 24.5 Å². The lowest BCUT2D eigenvalue weighted by molar-refractivity contribution is -0.118. The van der Waals surface area contributed by atoms with E-state index < -0.39 is 5.91 Å². The molecule has 0 unspecified atom stereocenters. The van der Waals surface area contributed by atoms with Crippen molar-refractivity contribution in [2.45, 2.75) is 27.7 Å². The smallest absolute Gasteiger partial charge is 0.262 e. The third-order valence-corrected chi connectivity index (χ3v) is 4.45. The van der Waals surface area contributed by atoms with Crippen LogP contribution in [0.4, 0.5) is 5.69 Å². The quantitative estimate of drug-likeness (QED) is 0.695. The van der Waals surface area contributed by atoms with Crippen LogP contribution in [0, 0.1) is 25.2 Å². The van der Waals surface area contributed by atoms with E-state index in [0.29, 0.717) is 41.2 Å². The molecule has 0 radical (unpaired) electrons. The monoisotopic (exact) mass is 402 g/mol. The summed E-state index contributed by atoms with van der Waals surface area (Å²) in [5, 5.41) is 12.8. The third kappa shape index (κ3) is 5.30.